The van der Waals surface area contributed by atoms with E-state index in [-0.39, 0.29) is 11.9 Å². The number of carbonyl (C=O) groups excluding carboxylic acids is 1. The average molecular weight is 431 g/mol. The first-order valence-corrected chi connectivity index (χ1v) is 11.6. The maximum absolute atomic E-state index is 13.4. The second-order valence-corrected chi connectivity index (χ2v) is 9.02. The summed E-state index contributed by atoms with van der Waals surface area (Å²) in [6, 6.07) is 16.9. The minimum atomic E-state index is 0.129. The van der Waals surface area contributed by atoms with Gasteiger partial charge in [0.2, 0.25) is 0 Å². The van der Waals surface area contributed by atoms with Gasteiger partial charge in [-0.2, -0.15) is 0 Å². The number of amides is 1. The topological polar surface area (TPSA) is 41.4 Å². The number of likely N-dealkylation sites (tertiary alicyclic amines) is 1. The van der Waals surface area contributed by atoms with Crippen LogP contribution >= 0.6 is 0 Å². The smallest absolute Gasteiger partial charge is 0.255 e. The van der Waals surface area contributed by atoms with Crippen molar-refractivity contribution in [3.8, 4) is 5.69 Å². The summed E-state index contributed by atoms with van der Waals surface area (Å²) in [6.45, 7) is 9.30. The molecule has 168 valence electrons. The summed E-state index contributed by atoms with van der Waals surface area (Å²) in [6.07, 6.45) is 4.87. The zero-order chi connectivity index (χ0) is 22.7. The molecule has 1 fully saturated rings. The van der Waals surface area contributed by atoms with Crippen LogP contribution in [0.25, 0.3) is 5.69 Å². The number of benzene rings is 1. The van der Waals surface area contributed by atoms with Gasteiger partial charge in [-0.1, -0.05) is 18.2 Å². The molecule has 0 radical (unpaired) electrons. The minimum absolute atomic E-state index is 0.129. The van der Waals surface area contributed by atoms with Gasteiger partial charge in [0.05, 0.1) is 5.56 Å². The van der Waals surface area contributed by atoms with Gasteiger partial charge >= 0.3 is 0 Å². The van der Waals surface area contributed by atoms with Gasteiger partial charge in [-0.05, 0) is 69.5 Å². The Hall–Kier alpha value is -2.92. The summed E-state index contributed by atoms with van der Waals surface area (Å²) in [4.78, 5) is 22.3. The Morgan fingerprint density at radius 3 is 2.53 bits per heavy atom. The zero-order valence-corrected chi connectivity index (χ0v) is 19.7. The van der Waals surface area contributed by atoms with Gasteiger partial charge in [0, 0.05) is 68.1 Å². The van der Waals surface area contributed by atoms with Crippen LogP contribution in [0.5, 0.6) is 0 Å². The van der Waals surface area contributed by atoms with E-state index in [1.165, 1.54) is 5.56 Å². The van der Waals surface area contributed by atoms with E-state index in [9.17, 15) is 4.79 Å². The Balaban J connectivity index is 1.39. The number of carbonyl (C=O) groups is 1. The predicted molar refractivity (Wildman–Crippen MR) is 129 cm³/mol. The average Bonchev–Trinajstić information content (AvgIpc) is 3.11. The molecule has 0 saturated carbocycles. The number of aryl methyl sites for hydroxylation is 2. The number of hydrogen-bond acceptors (Lipinski definition) is 3. The molecule has 0 spiro atoms. The van der Waals surface area contributed by atoms with Crippen molar-refractivity contribution in [3.63, 3.8) is 0 Å². The number of piperidine rings is 1. The molecule has 0 aliphatic carbocycles. The van der Waals surface area contributed by atoms with Crippen LogP contribution in [0.4, 0.5) is 0 Å². The first kappa shape index (κ1) is 22.3. The lowest BCUT2D eigenvalue weighted by Gasteiger charge is -2.36. The second kappa shape index (κ2) is 9.70. The van der Waals surface area contributed by atoms with Crippen LogP contribution in [-0.2, 0) is 6.42 Å². The lowest BCUT2D eigenvalue weighted by atomic mass is 10.0. The van der Waals surface area contributed by atoms with Crippen molar-refractivity contribution in [3.05, 3.63) is 82.9 Å². The Labute approximate surface area is 191 Å². The molecule has 4 rings (SSSR count). The number of nitrogens with zero attached hydrogens (tertiary/aromatic N) is 4. The van der Waals surface area contributed by atoms with E-state index in [2.05, 4.69) is 65.6 Å². The molecular weight excluding hydrogens is 396 g/mol. The molecule has 0 N–H and O–H groups in total. The molecule has 0 unspecified atom stereocenters. The van der Waals surface area contributed by atoms with Crippen molar-refractivity contribution in [2.45, 2.75) is 46.1 Å². The van der Waals surface area contributed by atoms with Crippen molar-refractivity contribution in [2.24, 2.45) is 0 Å². The fourth-order valence-corrected chi connectivity index (χ4v) is 4.85. The summed E-state index contributed by atoms with van der Waals surface area (Å²) in [5.74, 6) is 0.129. The van der Waals surface area contributed by atoms with Crippen LogP contribution in [-0.4, -0.2) is 58.0 Å². The van der Waals surface area contributed by atoms with E-state index in [0.717, 1.165) is 67.2 Å². The fraction of sp³-hybridized carbons (Fsp3) is 0.407. The lowest BCUT2D eigenvalue weighted by Crippen LogP contribution is -2.46. The molecule has 2 aromatic heterocycles. The third kappa shape index (κ3) is 4.78. The highest BCUT2D eigenvalue weighted by Crippen LogP contribution is 2.24. The standard InChI is InChI=1S/C27H34N4O/c1-20-8-7-10-25(18-20)31-21(2)19-26(22(31)3)27(32)29(4)24-12-16-30(17-13-24)15-11-23-9-5-6-14-28-23/h5-10,14,18-19,24H,11-13,15-17H2,1-4H3. The molecule has 1 saturated heterocycles. The summed E-state index contributed by atoms with van der Waals surface area (Å²) in [5.41, 5.74) is 6.39. The molecule has 3 heterocycles. The normalized spacial score (nSPS) is 15.1. The van der Waals surface area contributed by atoms with Crippen molar-refractivity contribution < 1.29 is 4.79 Å². The summed E-state index contributed by atoms with van der Waals surface area (Å²) in [5, 5.41) is 0. The Kier molecular flexibility index (Phi) is 6.75. The molecule has 3 aromatic rings. The van der Waals surface area contributed by atoms with Crippen LogP contribution in [0.1, 0.15) is 45.8 Å². The van der Waals surface area contributed by atoms with Gasteiger partial charge in [0.15, 0.2) is 0 Å². The predicted octanol–water partition coefficient (Wildman–Crippen LogP) is 4.58. The maximum atomic E-state index is 13.4. The van der Waals surface area contributed by atoms with Gasteiger partial charge in [0.25, 0.3) is 5.91 Å². The summed E-state index contributed by atoms with van der Waals surface area (Å²) < 4.78 is 2.19. The van der Waals surface area contributed by atoms with E-state index >= 15 is 0 Å². The lowest BCUT2D eigenvalue weighted by molar-refractivity contribution is 0.0642. The molecule has 1 aromatic carbocycles. The summed E-state index contributed by atoms with van der Waals surface area (Å²) >= 11 is 0. The number of aromatic nitrogens is 2. The highest BCUT2D eigenvalue weighted by molar-refractivity contribution is 5.96. The highest BCUT2D eigenvalue weighted by Gasteiger charge is 2.28. The molecule has 0 bridgehead atoms. The van der Waals surface area contributed by atoms with E-state index in [1.54, 1.807) is 0 Å². The molecular formula is C27H34N4O. The van der Waals surface area contributed by atoms with Crippen molar-refractivity contribution >= 4 is 5.91 Å². The van der Waals surface area contributed by atoms with E-state index in [4.69, 9.17) is 0 Å². The number of hydrogen-bond donors (Lipinski definition) is 0. The summed E-state index contributed by atoms with van der Waals surface area (Å²) in [7, 11) is 1.97. The zero-order valence-electron chi connectivity index (χ0n) is 19.7. The Morgan fingerprint density at radius 1 is 1.06 bits per heavy atom. The second-order valence-electron chi connectivity index (χ2n) is 9.02. The molecule has 32 heavy (non-hydrogen) atoms. The molecule has 1 aliphatic rings. The molecule has 1 amide bonds. The minimum Gasteiger partial charge on any atom is -0.339 e. The number of rotatable bonds is 6. The molecule has 1 aliphatic heterocycles. The van der Waals surface area contributed by atoms with Crippen molar-refractivity contribution in [1.29, 1.82) is 0 Å². The molecule has 5 nitrogen and oxygen atoms in total. The third-order valence-corrected chi connectivity index (χ3v) is 6.76. The first-order valence-electron chi connectivity index (χ1n) is 11.6. The highest BCUT2D eigenvalue weighted by atomic mass is 16.2. The quantitative estimate of drug-likeness (QED) is 0.575. The first-order chi connectivity index (χ1) is 15.4. The monoisotopic (exact) mass is 430 g/mol. The molecule has 5 heteroatoms. The van der Waals surface area contributed by atoms with Gasteiger partial charge in [-0.25, -0.2) is 0 Å². The van der Waals surface area contributed by atoms with E-state index < -0.39 is 0 Å². The van der Waals surface area contributed by atoms with Crippen molar-refractivity contribution in [1.82, 2.24) is 19.4 Å². The fourth-order valence-electron chi connectivity index (χ4n) is 4.85. The SMILES string of the molecule is Cc1cccc(-n2c(C)cc(C(=O)N(C)C3CCN(CCc4ccccn4)CC3)c2C)c1. The maximum Gasteiger partial charge on any atom is 0.255 e. The third-order valence-electron chi connectivity index (χ3n) is 6.76. The van der Waals surface area contributed by atoms with Gasteiger partial charge < -0.3 is 14.4 Å². The van der Waals surface area contributed by atoms with Crippen LogP contribution in [0, 0.1) is 20.8 Å². The van der Waals surface area contributed by atoms with Crippen LogP contribution < -0.4 is 0 Å². The van der Waals surface area contributed by atoms with Gasteiger partial charge in [-0.15, -0.1) is 0 Å². The van der Waals surface area contributed by atoms with Crippen LogP contribution in [0.15, 0.2) is 54.7 Å². The van der Waals surface area contributed by atoms with E-state index in [0.29, 0.717) is 0 Å². The van der Waals surface area contributed by atoms with E-state index in [1.807, 2.05) is 36.3 Å². The Bertz CT molecular complexity index is 1060. The van der Waals surface area contributed by atoms with Crippen molar-refractivity contribution in [2.75, 3.05) is 26.7 Å². The Morgan fingerprint density at radius 2 is 1.84 bits per heavy atom. The van der Waals surface area contributed by atoms with Crippen LogP contribution in [0.3, 0.4) is 0 Å². The molecule has 0 atom stereocenters. The number of pyridine rings is 1. The van der Waals surface area contributed by atoms with Crippen LogP contribution in [0.2, 0.25) is 0 Å². The largest absolute Gasteiger partial charge is 0.339 e. The van der Waals surface area contributed by atoms with Gasteiger partial charge in [0.1, 0.15) is 0 Å². The van der Waals surface area contributed by atoms with Gasteiger partial charge in [-0.3, -0.25) is 9.78 Å².